The smallest absolute Gasteiger partial charge is 0.844 e. The third-order valence-corrected chi connectivity index (χ3v) is 8.58. The maximum Gasteiger partial charge on any atom is 4.00 e. The first-order valence-corrected chi connectivity index (χ1v) is 18.5. The van der Waals surface area contributed by atoms with Crippen molar-refractivity contribution in [2.75, 3.05) is 42.3 Å². The minimum Gasteiger partial charge on any atom is -0.844 e. The van der Waals surface area contributed by atoms with Gasteiger partial charge in [-0.25, -0.2) is 8.42 Å². The Morgan fingerprint density at radius 3 is 1.21 bits per heavy atom. The summed E-state index contributed by atoms with van der Waals surface area (Å²) < 4.78 is 111. The number of benzene rings is 5. The molecular weight excluding hydrogens is 802 g/mol. The summed E-state index contributed by atoms with van der Waals surface area (Å²) in [5.74, 6) is 0. The van der Waals surface area contributed by atoms with Crippen molar-refractivity contribution in [2.45, 2.75) is 42.2 Å². The molecule has 5 rings (SSSR count). The van der Waals surface area contributed by atoms with Crippen LogP contribution in [0.25, 0.3) is 15.4 Å². The SMILES string of the molecule is CNC.C[N-]C.C[N-]C.Cc1ccccc1.O=S(=O)([N-][C@@H](Cc1ccccc1)C([O-])(c1ccccc1)c1ccccc1)c1cc(C(F)(F)F)cc(C(F)(F)F)c1.[Ti+4]. The van der Waals surface area contributed by atoms with Crippen LogP contribution in [0.5, 0.6) is 0 Å². The van der Waals surface area contributed by atoms with E-state index in [-0.39, 0.29) is 57.5 Å². The van der Waals surface area contributed by atoms with E-state index in [0.717, 1.165) is 0 Å². The van der Waals surface area contributed by atoms with Crippen molar-refractivity contribution >= 4 is 10.0 Å². The molecule has 0 aliphatic rings. The molecule has 306 valence electrons. The molecule has 0 aromatic heterocycles. The zero-order valence-electron chi connectivity index (χ0n) is 32.8. The summed E-state index contributed by atoms with van der Waals surface area (Å²) in [6.07, 6.45) is -10.8. The molecule has 0 amide bonds. The molecule has 5 aromatic rings. The average molecular weight is 851 g/mol. The second-order valence-corrected chi connectivity index (χ2v) is 13.7. The van der Waals surface area contributed by atoms with Crippen molar-refractivity contribution in [3.05, 3.63) is 188 Å². The van der Waals surface area contributed by atoms with E-state index in [1.807, 2.05) is 32.3 Å². The number of hydrogen-bond acceptors (Lipinski definition) is 4. The Bertz CT molecular complexity index is 1830. The number of aryl methyl sites for hydroxylation is 1. The molecule has 0 aliphatic carbocycles. The van der Waals surface area contributed by atoms with Crippen molar-refractivity contribution in [2.24, 2.45) is 0 Å². The molecule has 0 aliphatic heterocycles. The predicted molar refractivity (Wildman–Crippen MR) is 211 cm³/mol. The molecule has 1 N–H and O–H groups in total. The summed E-state index contributed by atoms with van der Waals surface area (Å²) in [5, 5.41) is 24.6. The first-order valence-electron chi connectivity index (χ1n) is 17.0. The van der Waals surface area contributed by atoms with Crippen molar-refractivity contribution in [3.8, 4) is 0 Å². The summed E-state index contributed by atoms with van der Waals surface area (Å²) >= 11 is 0. The molecule has 7 nitrogen and oxygen atoms in total. The summed E-state index contributed by atoms with van der Waals surface area (Å²) in [6.45, 7) is 2.08. The van der Waals surface area contributed by atoms with Gasteiger partial charge >= 0.3 is 34.1 Å². The first-order chi connectivity index (χ1) is 26.3. The largest absolute Gasteiger partial charge is 4.00 e. The predicted octanol–water partition coefficient (Wildman–Crippen LogP) is 9.77. The van der Waals surface area contributed by atoms with Crippen LogP contribution >= 0.6 is 0 Å². The molecular formula is C42H48F6N4O3STi. The van der Waals surface area contributed by atoms with E-state index < -0.39 is 50.0 Å². The van der Waals surface area contributed by atoms with Gasteiger partial charge in [-0.2, -0.15) is 54.5 Å². The van der Waals surface area contributed by atoms with Crippen LogP contribution in [0.4, 0.5) is 26.3 Å². The molecule has 0 unspecified atom stereocenters. The van der Waals surface area contributed by atoms with E-state index in [2.05, 4.69) is 39.7 Å². The topological polar surface area (TPSA) is 112 Å². The minimum atomic E-state index is -5.27. The van der Waals surface area contributed by atoms with E-state index in [9.17, 15) is 39.9 Å². The van der Waals surface area contributed by atoms with Crippen LogP contribution < -0.4 is 10.4 Å². The van der Waals surface area contributed by atoms with Crippen LogP contribution in [-0.2, 0) is 56.1 Å². The van der Waals surface area contributed by atoms with E-state index in [1.54, 1.807) is 94.9 Å². The van der Waals surface area contributed by atoms with Gasteiger partial charge < -0.3 is 25.8 Å². The third kappa shape index (κ3) is 18.1. The Morgan fingerprint density at radius 2 is 0.912 bits per heavy atom. The average Bonchev–Trinajstić information content (AvgIpc) is 3.16. The molecule has 0 saturated heterocycles. The molecule has 0 spiro atoms. The van der Waals surface area contributed by atoms with Crippen LogP contribution in [0, 0.1) is 6.92 Å². The maximum atomic E-state index is 14.9. The van der Waals surface area contributed by atoms with Gasteiger partial charge in [-0.3, -0.25) is 0 Å². The van der Waals surface area contributed by atoms with Crippen molar-refractivity contribution in [3.63, 3.8) is 0 Å². The zero-order valence-corrected chi connectivity index (χ0v) is 35.2. The fourth-order valence-electron chi connectivity index (χ4n) is 4.85. The molecule has 15 heteroatoms. The molecule has 5 aromatic carbocycles. The first kappa shape index (κ1) is 53.1. The van der Waals surface area contributed by atoms with Crippen molar-refractivity contribution in [1.82, 2.24) is 5.32 Å². The van der Waals surface area contributed by atoms with Crippen LogP contribution in [-0.4, -0.2) is 56.7 Å². The van der Waals surface area contributed by atoms with Gasteiger partial charge in [-0.15, -0.1) is 6.04 Å². The molecule has 0 saturated carbocycles. The molecule has 57 heavy (non-hydrogen) atoms. The molecule has 0 heterocycles. The van der Waals surface area contributed by atoms with Gasteiger partial charge in [0.2, 0.25) is 0 Å². The maximum absolute atomic E-state index is 14.9. The zero-order chi connectivity index (χ0) is 42.4. The van der Waals surface area contributed by atoms with Gasteiger partial charge in [0.1, 0.15) is 10.0 Å². The number of sulfonamides is 1. The van der Waals surface area contributed by atoms with Crippen molar-refractivity contribution in [1.29, 1.82) is 0 Å². The normalized spacial score (nSPS) is 11.6. The van der Waals surface area contributed by atoms with E-state index in [4.69, 9.17) is 0 Å². The van der Waals surface area contributed by atoms with Crippen LogP contribution in [0.3, 0.4) is 0 Å². The Kier molecular flexibility index (Phi) is 24.4. The monoisotopic (exact) mass is 850 g/mol. The number of nitrogens with zero attached hydrogens (tertiary/aromatic N) is 3. The summed E-state index contributed by atoms with van der Waals surface area (Å²) in [7, 11) is 5.53. The molecule has 0 fully saturated rings. The third-order valence-electron chi connectivity index (χ3n) is 7.21. The summed E-state index contributed by atoms with van der Waals surface area (Å²) in [5.41, 5.74) is -3.98. The van der Waals surface area contributed by atoms with Gasteiger partial charge in [0.05, 0.1) is 11.1 Å². The van der Waals surface area contributed by atoms with E-state index in [0.29, 0.717) is 5.56 Å². The van der Waals surface area contributed by atoms with E-state index in [1.165, 1.54) is 29.8 Å². The number of hydrogen-bond donors (Lipinski definition) is 1. The quantitative estimate of drug-likeness (QED) is 0.124. The van der Waals surface area contributed by atoms with Gasteiger partial charge in [-0.1, -0.05) is 144 Å². The van der Waals surface area contributed by atoms with Crippen LogP contribution in [0.2, 0.25) is 0 Å². The number of halogens is 6. The number of rotatable bonds is 8. The number of nitrogens with one attached hydrogen (secondary N) is 1. The Balaban J connectivity index is 0.00000156. The molecule has 0 radical (unpaired) electrons. The Morgan fingerprint density at radius 1 is 0.596 bits per heavy atom. The molecule has 0 bridgehead atoms. The summed E-state index contributed by atoms with van der Waals surface area (Å²) in [6, 6.07) is 32.1. The Labute approximate surface area is 348 Å². The fourth-order valence-corrected chi connectivity index (χ4v) is 6.09. The summed E-state index contributed by atoms with van der Waals surface area (Å²) in [4.78, 5) is -1.32. The Hall–Kier alpha value is -3.86. The standard InChI is InChI=1S/C29H21F6NO3S.C7H8.C2H7N.2C2H6N.Ti/c30-28(31,32)23-17-24(29(33,34)35)19-25(18-23)40(38,39)36-26(16-20-10-4-1-5-11-20)27(37,21-12-6-2-7-13-21)22-14-8-3-9-15-22;1-7-5-3-2-4-6-7;3*1-3-2;/h1-15,17-19,26H,16H2;2-6H,1H3;3H,1-2H3;2*1-2H3;/q-2;;;2*-1;+4/t26-;;;;;/m0...../s1. The van der Waals surface area contributed by atoms with Gasteiger partial charge in [0.25, 0.3) is 0 Å². The number of alkyl halides is 6. The van der Waals surface area contributed by atoms with Gasteiger partial charge in [-0.05, 0) is 51.2 Å². The second-order valence-electron chi connectivity index (χ2n) is 12.0. The molecule has 1 atom stereocenters. The van der Waals surface area contributed by atoms with Crippen LogP contribution in [0.1, 0.15) is 33.4 Å². The van der Waals surface area contributed by atoms with E-state index >= 15 is 0 Å². The van der Waals surface area contributed by atoms with Crippen molar-refractivity contribution < 1.29 is 61.6 Å². The van der Waals surface area contributed by atoms with Crippen LogP contribution in [0.15, 0.2) is 144 Å². The fraction of sp³-hybridized carbons (Fsp3) is 0.286. The minimum absolute atomic E-state index is 0. The van der Waals surface area contributed by atoms with Gasteiger partial charge in [0.15, 0.2) is 0 Å². The second kappa shape index (κ2) is 26.2. The van der Waals surface area contributed by atoms with Gasteiger partial charge in [0, 0.05) is 4.90 Å².